The molecule has 0 aromatic carbocycles. The smallest absolute Gasteiger partial charge is 0.305 e. The summed E-state index contributed by atoms with van der Waals surface area (Å²) in [7, 11) is 0. The van der Waals surface area contributed by atoms with Crippen LogP contribution in [0.3, 0.4) is 0 Å². The number of hydrogen-bond acceptors (Lipinski definition) is 2. The highest BCUT2D eigenvalue weighted by Gasteiger charge is 2.24. The van der Waals surface area contributed by atoms with Crippen LogP contribution < -0.4 is 0 Å². The van der Waals surface area contributed by atoms with Crippen LogP contribution >= 0.6 is 0 Å². The van der Waals surface area contributed by atoms with Crippen LogP contribution in [0, 0.1) is 11.3 Å². The minimum Gasteiger partial charge on any atom is -0.465 e. The van der Waals surface area contributed by atoms with Crippen LogP contribution in [-0.4, -0.2) is 12.6 Å². The summed E-state index contributed by atoms with van der Waals surface area (Å²) >= 11 is 0. The van der Waals surface area contributed by atoms with Gasteiger partial charge in [0.2, 0.25) is 0 Å². The molecule has 0 amide bonds. The van der Waals surface area contributed by atoms with E-state index in [1.165, 1.54) is 0 Å². The molecule has 0 aliphatic heterocycles. The van der Waals surface area contributed by atoms with Crippen molar-refractivity contribution in [3.63, 3.8) is 0 Å². The molecule has 0 radical (unpaired) electrons. The number of carbonyl (C=O) groups excluding carboxylic acids is 1. The zero-order valence-corrected chi connectivity index (χ0v) is 9.52. The summed E-state index contributed by atoms with van der Waals surface area (Å²) in [5, 5.41) is 0. The molecule has 2 heteroatoms. The van der Waals surface area contributed by atoms with Crippen LogP contribution in [0.25, 0.3) is 0 Å². The van der Waals surface area contributed by atoms with Crippen LogP contribution in [0.1, 0.15) is 47.5 Å². The molecule has 0 spiro atoms. The van der Waals surface area contributed by atoms with Gasteiger partial charge in [-0.05, 0) is 11.3 Å². The van der Waals surface area contributed by atoms with Crippen molar-refractivity contribution in [3.8, 4) is 0 Å². The van der Waals surface area contributed by atoms with E-state index in [-0.39, 0.29) is 11.4 Å². The van der Waals surface area contributed by atoms with E-state index in [1.807, 2.05) is 6.92 Å². The van der Waals surface area contributed by atoms with Crippen molar-refractivity contribution >= 4 is 5.97 Å². The van der Waals surface area contributed by atoms with Gasteiger partial charge in [-0.15, -0.1) is 0 Å². The molecule has 0 aromatic rings. The lowest BCUT2D eigenvalue weighted by molar-refractivity contribution is -0.145. The van der Waals surface area contributed by atoms with Gasteiger partial charge < -0.3 is 4.74 Å². The van der Waals surface area contributed by atoms with Gasteiger partial charge in [-0.2, -0.15) is 0 Å². The Labute approximate surface area is 81.7 Å². The molecule has 2 nitrogen and oxygen atoms in total. The third-order valence-electron chi connectivity index (χ3n) is 3.03. The molecule has 0 saturated heterocycles. The first-order valence-electron chi connectivity index (χ1n) is 5.09. The largest absolute Gasteiger partial charge is 0.465 e. The Morgan fingerprint density at radius 1 is 1.38 bits per heavy atom. The second kappa shape index (κ2) is 5.25. The number of esters is 1. The summed E-state index contributed by atoms with van der Waals surface area (Å²) in [4.78, 5) is 10.9. The molecule has 0 aliphatic rings. The van der Waals surface area contributed by atoms with E-state index in [4.69, 9.17) is 4.74 Å². The van der Waals surface area contributed by atoms with Gasteiger partial charge in [-0.1, -0.05) is 41.0 Å². The molecule has 0 bridgehead atoms. The standard InChI is InChI=1S/C11H22O2/c1-6-10(12)13-8-9(3)11(4,5)7-2/h9H,6-8H2,1-5H3. The number of ether oxygens (including phenoxy) is 1. The summed E-state index contributed by atoms with van der Waals surface area (Å²) in [6, 6.07) is 0. The molecule has 1 atom stereocenters. The molecular formula is C11H22O2. The van der Waals surface area contributed by atoms with E-state index in [1.54, 1.807) is 0 Å². The highest BCUT2D eigenvalue weighted by molar-refractivity contribution is 5.68. The Balaban J connectivity index is 3.87. The van der Waals surface area contributed by atoms with E-state index < -0.39 is 0 Å². The van der Waals surface area contributed by atoms with Crippen molar-refractivity contribution in [1.82, 2.24) is 0 Å². The second-order valence-electron chi connectivity index (χ2n) is 4.28. The van der Waals surface area contributed by atoms with Gasteiger partial charge in [-0.25, -0.2) is 0 Å². The number of carbonyl (C=O) groups is 1. The maximum Gasteiger partial charge on any atom is 0.305 e. The van der Waals surface area contributed by atoms with Crippen molar-refractivity contribution in [2.75, 3.05) is 6.61 Å². The molecule has 1 unspecified atom stereocenters. The maximum absolute atomic E-state index is 10.9. The molecular weight excluding hydrogens is 164 g/mol. The Hall–Kier alpha value is -0.530. The molecule has 0 N–H and O–H groups in total. The lowest BCUT2D eigenvalue weighted by Gasteiger charge is -2.30. The summed E-state index contributed by atoms with van der Waals surface area (Å²) in [6.45, 7) is 11.1. The van der Waals surface area contributed by atoms with Gasteiger partial charge >= 0.3 is 5.97 Å². The second-order valence-corrected chi connectivity index (χ2v) is 4.28. The molecule has 78 valence electrons. The average molecular weight is 186 g/mol. The Kier molecular flexibility index (Phi) is 5.04. The summed E-state index contributed by atoms with van der Waals surface area (Å²) in [6.07, 6.45) is 1.58. The van der Waals surface area contributed by atoms with Crippen LogP contribution in [0.2, 0.25) is 0 Å². The fraction of sp³-hybridized carbons (Fsp3) is 0.909. The SMILES string of the molecule is CCC(=O)OCC(C)C(C)(C)CC. The van der Waals surface area contributed by atoms with Gasteiger partial charge in [0, 0.05) is 6.42 Å². The number of rotatable bonds is 5. The normalized spacial score (nSPS) is 13.9. The molecule has 0 heterocycles. The van der Waals surface area contributed by atoms with E-state index in [0.29, 0.717) is 18.9 Å². The molecule has 13 heavy (non-hydrogen) atoms. The minimum absolute atomic E-state index is 0.0984. The van der Waals surface area contributed by atoms with E-state index in [9.17, 15) is 4.79 Å². The molecule has 0 aliphatic carbocycles. The third-order valence-corrected chi connectivity index (χ3v) is 3.03. The van der Waals surface area contributed by atoms with Crippen molar-refractivity contribution in [2.45, 2.75) is 47.5 Å². The summed E-state index contributed by atoms with van der Waals surface area (Å²) in [5.41, 5.74) is 0.258. The van der Waals surface area contributed by atoms with Gasteiger partial charge in [0.05, 0.1) is 6.61 Å². The predicted octanol–water partition coefficient (Wildman–Crippen LogP) is 3.01. The molecule has 0 aromatic heterocycles. The summed E-state index contributed by atoms with van der Waals surface area (Å²) in [5.74, 6) is 0.326. The first kappa shape index (κ1) is 12.5. The maximum atomic E-state index is 10.9. The fourth-order valence-corrected chi connectivity index (χ4v) is 0.894. The Bertz CT molecular complexity index is 161. The topological polar surface area (TPSA) is 26.3 Å². The molecule has 0 fully saturated rings. The van der Waals surface area contributed by atoms with Gasteiger partial charge in [-0.3, -0.25) is 4.79 Å². The van der Waals surface area contributed by atoms with Crippen LogP contribution in [-0.2, 0) is 9.53 Å². The van der Waals surface area contributed by atoms with Crippen molar-refractivity contribution in [2.24, 2.45) is 11.3 Å². The van der Waals surface area contributed by atoms with Gasteiger partial charge in [0.15, 0.2) is 0 Å². The van der Waals surface area contributed by atoms with Crippen molar-refractivity contribution in [3.05, 3.63) is 0 Å². The zero-order chi connectivity index (χ0) is 10.5. The first-order chi connectivity index (χ1) is 5.94. The Morgan fingerprint density at radius 3 is 2.31 bits per heavy atom. The van der Waals surface area contributed by atoms with Crippen molar-refractivity contribution in [1.29, 1.82) is 0 Å². The van der Waals surface area contributed by atoms with E-state index in [2.05, 4.69) is 27.7 Å². The lowest BCUT2D eigenvalue weighted by Crippen LogP contribution is -2.26. The third kappa shape index (κ3) is 4.30. The van der Waals surface area contributed by atoms with Crippen LogP contribution in [0.15, 0.2) is 0 Å². The van der Waals surface area contributed by atoms with E-state index in [0.717, 1.165) is 6.42 Å². The zero-order valence-electron chi connectivity index (χ0n) is 9.52. The molecule has 0 rings (SSSR count). The highest BCUT2D eigenvalue weighted by atomic mass is 16.5. The van der Waals surface area contributed by atoms with Gasteiger partial charge in [0.25, 0.3) is 0 Å². The Morgan fingerprint density at radius 2 is 1.92 bits per heavy atom. The monoisotopic (exact) mass is 186 g/mol. The molecule has 0 saturated carbocycles. The van der Waals surface area contributed by atoms with Gasteiger partial charge in [0.1, 0.15) is 0 Å². The van der Waals surface area contributed by atoms with E-state index >= 15 is 0 Å². The van der Waals surface area contributed by atoms with Crippen molar-refractivity contribution < 1.29 is 9.53 Å². The number of hydrogen-bond donors (Lipinski definition) is 0. The van der Waals surface area contributed by atoms with Crippen LogP contribution in [0.5, 0.6) is 0 Å². The highest BCUT2D eigenvalue weighted by Crippen LogP contribution is 2.30. The fourth-order valence-electron chi connectivity index (χ4n) is 0.894. The minimum atomic E-state index is -0.0984. The summed E-state index contributed by atoms with van der Waals surface area (Å²) < 4.78 is 5.10. The van der Waals surface area contributed by atoms with Crippen LogP contribution in [0.4, 0.5) is 0 Å². The average Bonchev–Trinajstić information content (AvgIpc) is 2.13. The lowest BCUT2D eigenvalue weighted by atomic mass is 9.78. The predicted molar refractivity (Wildman–Crippen MR) is 54.5 cm³/mol. The first-order valence-corrected chi connectivity index (χ1v) is 5.09. The quantitative estimate of drug-likeness (QED) is 0.617.